The van der Waals surface area contributed by atoms with E-state index in [0.717, 1.165) is 20.0 Å². The van der Waals surface area contributed by atoms with Gasteiger partial charge >= 0.3 is 0 Å². The van der Waals surface area contributed by atoms with Crippen LogP contribution in [0.4, 0.5) is 0 Å². The van der Waals surface area contributed by atoms with E-state index in [9.17, 15) is 4.79 Å². The molecule has 0 saturated carbocycles. The van der Waals surface area contributed by atoms with Gasteiger partial charge < -0.3 is 25.2 Å². The van der Waals surface area contributed by atoms with E-state index in [1.807, 2.05) is 0 Å². The average Bonchev–Trinajstić information content (AvgIpc) is 2.21. The second-order valence-electron chi connectivity index (χ2n) is 3.40. The molecule has 116 valence electrons. The zero-order chi connectivity index (χ0) is 16.0. The van der Waals surface area contributed by atoms with Crippen molar-refractivity contribution in [1.29, 1.82) is 0 Å². The molecule has 4 N–H and O–H groups in total. The highest BCUT2D eigenvalue weighted by Gasteiger charge is 1.69. The fourth-order valence-electron chi connectivity index (χ4n) is 0.158. The topological polar surface area (TPSA) is 98.0 Å². The van der Waals surface area contributed by atoms with Crippen molar-refractivity contribution in [2.45, 2.75) is 60.5 Å². The van der Waals surface area contributed by atoms with Gasteiger partial charge in [0.2, 0.25) is 0 Å². The molecule has 0 aliphatic heterocycles. The average molecular weight is 270 g/mol. The Kier molecular flexibility index (Phi) is 74.4. The monoisotopic (exact) mass is 270 g/mol. The maximum absolute atomic E-state index is 9.44. The number of hydrogen-bond acceptors (Lipinski definition) is 5. The van der Waals surface area contributed by atoms with Crippen molar-refractivity contribution in [2.24, 2.45) is 0 Å². The van der Waals surface area contributed by atoms with Crippen LogP contribution in [0.25, 0.3) is 0 Å². The van der Waals surface area contributed by atoms with Crippen LogP contribution in [0.2, 0.25) is 0 Å². The Bertz CT molecular complexity index is 96.8. The number of rotatable bonds is 2. The first kappa shape index (κ1) is 30.5. The molecule has 0 radical (unpaired) electrons. The maximum Gasteiger partial charge on any atom is 0.126 e. The lowest BCUT2D eigenvalue weighted by Crippen LogP contribution is -1.85. The minimum Gasteiger partial charge on any atom is -0.400 e. The summed E-state index contributed by atoms with van der Waals surface area (Å²) in [6, 6.07) is 0. The molecular weight excluding hydrogens is 236 g/mol. The molecule has 0 aliphatic carbocycles. The molecule has 0 aromatic rings. The number of carbonyl (C=O) groups is 1. The third-order valence-corrected chi connectivity index (χ3v) is 0.512. The van der Waals surface area contributed by atoms with Gasteiger partial charge in [-0.1, -0.05) is 13.3 Å². The molecular formula is C13H34O5. The Morgan fingerprint density at radius 3 is 1.22 bits per heavy atom. The standard InChI is InChI=1S/C4H10O.C3H8O.C3H6O.C2H6O.CH4O/c1-2-3-4-5;2*1-3(2)4;1-2-3;1-2/h5H,2-4H2,1H3;3-4H,1-2H3;1-2H3;3H,2H2,1H3;2H,1H3. The summed E-state index contributed by atoms with van der Waals surface area (Å²) in [5.41, 5.74) is 0. The van der Waals surface area contributed by atoms with Crippen molar-refractivity contribution < 1.29 is 25.2 Å². The summed E-state index contributed by atoms with van der Waals surface area (Å²) in [5.74, 6) is 0.167. The minimum atomic E-state index is -0.167. The number of hydrogen-bond donors (Lipinski definition) is 4. The molecule has 0 aromatic heterocycles. The van der Waals surface area contributed by atoms with Crippen molar-refractivity contribution in [1.82, 2.24) is 0 Å². The van der Waals surface area contributed by atoms with E-state index in [2.05, 4.69) is 6.92 Å². The van der Waals surface area contributed by atoms with Crippen molar-refractivity contribution in [3.63, 3.8) is 0 Å². The number of Topliss-reactive ketones (excluding diaryl/α,β-unsaturated/α-hetero) is 1. The molecule has 0 rings (SSSR count). The highest BCUT2D eigenvalue weighted by atomic mass is 16.3. The molecule has 5 nitrogen and oxygen atoms in total. The molecule has 0 amide bonds. The van der Waals surface area contributed by atoms with E-state index >= 15 is 0 Å². The van der Waals surface area contributed by atoms with Gasteiger partial charge in [0.1, 0.15) is 5.78 Å². The largest absolute Gasteiger partial charge is 0.400 e. The number of aliphatic hydroxyl groups is 4. The molecule has 0 bridgehead atoms. The van der Waals surface area contributed by atoms with Crippen LogP contribution < -0.4 is 0 Å². The highest BCUT2D eigenvalue weighted by molar-refractivity contribution is 5.72. The summed E-state index contributed by atoms with van der Waals surface area (Å²) in [7, 11) is 1.00. The predicted octanol–water partition coefficient (Wildman–Crippen LogP) is 1.37. The smallest absolute Gasteiger partial charge is 0.126 e. The summed E-state index contributed by atoms with van der Waals surface area (Å²) in [5, 5.41) is 30.7. The number of aliphatic hydroxyl groups excluding tert-OH is 4. The van der Waals surface area contributed by atoms with Crippen LogP contribution in [0.5, 0.6) is 0 Å². The Morgan fingerprint density at radius 2 is 1.22 bits per heavy atom. The molecule has 0 saturated heterocycles. The zero-order valence-electron chi connectivity index (χ0n) is 13.1. The SMILES string of the molecule is CC(C)=O.CC(C)O.CCCCO.CCO.CO. The van der Waals surface area contributed by atoms with Crippen LogP contribution in [0, 0.1) is 0 Å². The lowest BCUT2D eigenvalue weighted by atomic mass is 10.4. The van der Waals surface area contributed by atoms with Gasteiger partial charge in [-0.3, -0.25) is 0 Å². The lowest BCUT2D eigenvalue weighted by molar-refractivity contribution is -0.114. The third-order valence-electron chi connectivity index (χ3n) is 0.512. The van der Waals surface area contributed by atoms with Crippen molar-refractivity contribution in [2.75, 3.05) is 20.3 Å². The lowest BCUT2D eigenvalue weighted by Gasteiger charge is -1.80. The third kappa shape index (κ3) is 1430. The van der Waals surface area contributed by atoms with Gasteiger partial charge in [0.15, 0.2) is 0 Å². The number of unbranched alkanes of at least 4 members (excludes halogenated alkanes) is 1. The van der Waals surface area contributed by atoms with Crippen molar-refractivity contribution in [3.05, 3.63) is 0 Å². The Hall–Kier alpha value is -0.490. The zero-order valence-corrected chi connectivity index (χ0v) is 13.1. The molecule has 0 aromatic carbocycles. The van der Waals surface area contributed by atoms with Crippen molar-refractivity contribution in [3.8, 4) is 0 Å². The first-order valence-corrected chi connectivity index (χ1v) is 6.11. The van der Waals surface area contributed by atoms with Gasteiger partial charge in [0, 0.05) is 26.4 Å². The summed E-state index contributed by atoms with van der Waals surface area (Å²) in [6.07, 6.45) is 1.87. The minimum absolute atomic E-state index is 0.167. The molecule has 18 heavy (non-hydrogen) atoms. The van der Waals surface area contributed by atoms with Gasteiger partial charge in [0.05, 0.1) is 0 Å². The van der Waals surface area contributed by atoms with Gasteiger partial charge in [-0.25, -0.2) is 0 Å². The molecule has 0 unspecified atom stereocenters. The quantitative estimate of drug-likeness (QED) is 0.607. The summed E-state index contributed by atoms with van der Waals surface area (Å²) in [6.45, 7) is 10.8. The second-order valence-corrected chi connectivity index (χ2v) is 3.40. The number of ketones is 1. The second kappa shape index (κ2) is 43.9. The molecule has 5 heteroatoms. The van der Waals surface area contributed by atoms with Gasteiger partial charge in [0.25, 0.3) is 0 Å². The van der Waals surface area contributed by atoms with Crippen molar-refractivity contribution >= 4 is 5.78 Å². The van der Waals surface area contributed by atoms with Crippen LogP contribution in [0.3, 0.4) is 0 Å². The highest BCUT2D eigenvalue weighted by Crippen LogP contribution is 1.78. The summed E-state index contributed by atoms with van der Waals surface area (Å²) < 4.78 is 0. The van der Waals surface area contributed by atoms with E-state index < -0.39 is 0 Å². The van der Waals surface area contributed by atoms with Gasteiger partial charge in [-0.15, -0.1) is 0 Å². The maximum atomic E-state index is 9.44. The van der Waals surface area contributed by atoms with Crippen LogP contribution in [0.15, 0.2) is 0 Å². The van der Waals surface area contributed by atoms with Crippen LogP contribution in [0.1, 0.15) is 54.4 Å². The normalized spacial score (nSPS) is 7.11. The molecule has 0 heterocycles. The fraction of sp³-hybridized carbons (Fsp3) is 0.923. The van der Waals surface area contributed by atoms with E-state index in [1.165, 1.54) is 13.8 Å². The van der Waals surface area contributed by atoms with E-state index in [0.29, 0.717) is 6.61 Å². The first-order chi connectivity index (χ1) is 8.29. The van der Waals surface area contributed by atoms with E-state index in [-0.39, 0.29) is 18.5 Å². The predicted molar refractivity (Wildman–Crippen MR) is 76.6 cm³/mol. The molecule has 0 spiro atoms. The first-order valence-electron chi connectivity index (χ1n) is 6.11. The molecule has 0 fully saturated rings. The van der Waals surface area contributed by atoms with Crippen LogP contribution >= 0.6 is 0 Å². The summed E-state index contributed by atoms with van der Waals surface area (Å²) in [4.78, 5) is 9.44. The van der Waals surface area contributed by atoms with E-state index in [1.54, 1.807) is 20.8 Å². The fourth-order valence-corrected chi connectivity index (χ4v) is 0.158. The Morgan fingerprint density at radius 1 is 1.06 bits per heavy atom. The van der Waals surface area contributed by atoms with Gasteiger partial charge in [-0.2, -0.15) is 0 Å². The Labute approximate surface area is 112 Å². The van der Waals surface area contributed by atoms with E-state index in [4.69, 9.17) is 20.4 Å². The van der Waals surface area contributed by atoms with Crippen LogP contribution in [-0.4, -0.2) is 52.6 Å². The molecule has 0 atom stereocenters. The van der Waals surface area contributed by atoms with Gasteiger partial charge in [-0.05, 0) is 41.0 Å². The summed E-state index contributed by atoms with van der Waals surface area (Å²) >= 11 is 0. The van der Waals surface area contributed by atoms with Crippen LogP contribution in [-0.2, 0) is 4.79 Å². The molecule has 0 aliphatic rings. The number of carbonyl (C=O) groups excluding carboxylic acids is 1. The Balaban J connectivity index is -0.0000000404.